The van der Waals surface area contributed by atoms with Crippen LogP contribution in [0.1, 0.15) is 11.1 Å². The van der Waals surface area contributed by atoms with Gasteiger partial charge in [0.25, 0.3) is 0 Å². The summed E-state index contributed by atoms with van der Waals surface area (Å²) in [6.07, 6.45) is 2.85. The number of allylic oxidation sites excluding steroid dienone is 1. The van der Waals surface area contributed by atoms with Crippen LogP contribution in [0.15, 0.2) is 69.7 Å². The van der Waals surface area contributed by atoms with Crippen molar-refractivity contribution in [3.05, 3.63) is 65.4 Å². The average molecular weight is 245 g/mol. The highest BCUT2D eigenvalue weighted by molar-refractivity contribution is 6.07. The normalized spacial score (nSPS) is 15.6. The first kappa shape index (κ1) is 10.4. The Bertz CT molecular complexity index is 754. The van der Waals surface area contributed by atoms with Crippen LogP contribution in [0.2, 0.25) is 0 Å². The first-order chi connectivity index (χ1) is 9.42. The Kier molecular flexibility index (Phi) is 2.18. The third-order valence-corrected chi connectivity index (χ3v) is 3.53. The van der Waals surface area contributed by atoms with Crippen molar-refractivity contribution in [2.75, 3.05) is 0 Å². The van der Waals surface area contributed by atoms with Crippen LogP contribution in [0.4, 0.5) is 0 Å². The third kappa shape index (κ3) is 1.63. The summed E-state index contributed by atoms with van der Waals surface area (Å²) in [6, 6.07) is 16.8. The largest absolute Gasteiger partial charge is 0.133 e. The highest BCUT2D eigenvalue weighted by Gasteiger charge is 2.19. The molecule has 0 fully saturated rings. The molecule has 0 atom stereocenters. The van der Waals surface area contributed by atoms with Crippen LogP contribution in [0.5, 0.6) is 0 Å². The van der Waals surface area contributed by atoms with Crippen LogP contribution in [0, 0.1) is 0 Å². The van der Waals surface area contributed by atoms with Gasteiger partial charge in [-0.2, -0.15) is 0 Å². The molecule has 19 heavy (non-hydrogen) atoms. The molecule has 2 aromatic carbocycles. The molecule has 0 spiro atoms. The van der Waals surface area contributed by atoms with Crippen molar-refractivity contribution in [1.82, 2.24) is 0 Å². The summed E-state index contributed by atoms with van der Waals surface area (Å²) in [6.45, 7) is 0. The van der Waals surface area contributed by atoms with Crippen molar-refractivity contribution in [3.8, 4) is 11.1 Å². The van der Waals surface area contributed by atoms with E-state index in [0.717, 1.165) is 17.8 Å². The summed E-state index contributed by atoms with van der Waals surface area (Å²) >= 11 is 0. The number of fused-ring (bicyclic) bond motifs is 4. The number of benzene rings is 2. The van der Waals surface area contributed by atoms with Gasteiger partial charge in [0.15, 0.2) is 0 Å². The Hall–Kier alpha value is -2.55. The maximum atomic E-state index is 4.14. The molecule has 2 aliphatic rings. The van der Waals surface area contributed by atoms with Crippen LogP contribution in [0.3, 0.4) is 0 Å². The summed E-state index contributed by atoms with van der Waals surface area (Å²) < 4.78 is 0. The van der Waals surface area contributed by atoms with Crippen LogP contribution < -0.4 is 0 Å². The lowest BCUT2D eigenvalue weighted by Crippen LogP contribution is -2.06. The highest BCUT2D eigenvalue weighted by Crippen LogP contribution is 2.33. The lowest BCUT2D eigenvalue weighted by Gasteiger charge is -2.15. The average Bonchev–Trinajstić information content (AvgIpc) is 2.85. The van der Waals surface area contributed by atoms with Crippen molar-refractivity contribution in [3.63, 3.8) is 0 Å². The molecule has 1 aliphatic heterocycles. The van der Waals surface area contributed by atoms with E-state index >= 15 is 0 Å². The van der Waals surface area contributed by atoms with Gasteiger partial charge in [0.1, 0.15) is 5.70 Å². The standard InChI is InChI=1S/C16H11N3/c1-3-7-13-11(5-1)9-15-16(18-19-17-15)10-12-6-2-4-8-14(12)13/h1-9H,10H2. The van der Waals surface area contributed by atoms with Gasteiger partial charge in [-0.3, -0.25) is 0 Å². The molecule has 0 aromatic heterocycles. The summed E-state index contributed by atoms with van der Waals surface area (Å²) in [7, 11) is 0. The summed E-state index contributed by atoms with van der Waals surface area (Å²) in [4.78, 5) is 0. The van der Waals surface area contributed by atoms with E-state index in [4.69, 9.17) is 0 Å². The molecule has 1 aliphatic carbocycles. The molecule has 0 radical (unpaired) electrons. The van der Waals surface area contributed by atoms with Crippen molar-refractivity contribution in [2.45, 2.75) is 6.42 Å². The Morgan fingerprint density at radius 3 is 2.58 bits per heavy atom. The van der Waals surface area contributed by atoms with Crippen molar-refractivity contribution < 1.29 is 0 Å². The van der Waals surface area contributed by atoms with Crippen LogP contribution in [0.25, 0.3) is 17.2 Å². The molecular weight excluding hydrogens is 234 g/mol. The Balaban J connectivity index is 2.05. The minimum absolute atomic E-state index is 0.781. The van der Waals surface area contributed by atoms with E-state index < -0.39 is 0 Å². The smallest absolute Gasteiger partial charge is 0.112 e. The molecule has 0 amide bonds. The van der Waals surface area contributed by atoms with Crippen molar-refractivity contribution in [2.24, 2.45) is 15.4 Å². The predicted octanol–water partition coefficient (Wildman–Crippen LogP) is 4.07. The zero-order chi connectivity index (χ0) is 12.7. The van der Waals surface area contributed by atoms with E-state index in [0.29, 0.717) is 0 Å². The summed E-state index contributed by atoms with van der Waals surface area (Å²) in [5.74, 6) is 0. The molecule has 0 saturated heterocycles. The minimum Gasteiger partial charge on any atom is -0.133 e. The molecule has 0 bridgehead atoms. The lowest BCUT2D eigenvalue weighted by molar-refractivity contribution is 1.10. The molecule has 1 heterocycles. The fraction of sp³-hybridized carbons (Fsp3) is 0.0625. The maximum absolute atomic E-state index is 4.14. The number of nitrogens with zero attached hydrogens (tertiary/aromatic N) is 3. The van der Waals surface area contributed by atoms with E-state index in [1.165, 1.54) is 22.3 Å². The van der Waals surface area contributed by atoms with Crippen molar-refractivity contribution in [1.29, 1.82) is 0 Å². The number of hydrogen-bond acceptors (Lipinski definition) is 3. The van der Waals surface area contributed by atoms with E-state index in [1.807, 2.05) is 6.07 Å². The summed E-state index contributed by atoms with van der Waals surface area (Å²) in [5.41, 5.74) is 6.77. The zero-order valence-corrected chi connectivity index (χ0v) is 10.2. The molecular formula is C16H11N3. The Labute approximate surface area is 111 Å². The second-order valence-electron chi connectivity index (χ2n) is 4.69. The topological polar surface area (TPSA) is 37.1 Å². The molecule has 90 valence electrons. The second kappa shape index (κ2) is 3.99. The minimum atomic E-state index is 0.781. The van der Waals surface area contributed by atoms with Crippen LogP contribution in [-0.2, 0) is 6.42 Å². The molecule has 0 N–H and O–H groups in total. The molecule has 2 aromatic rings. The van der Waals surface area contributed by atoms with Gasteiger partial charge >= 0.3 is 0 Å². The van der Waals surface area contributed by atoms with Gasteiger partial charge in [-0.25, -0.2) is 0 Å². The van der Waals surface area contributed by atoms with Crippen LogP contribution >= 0.6 is 0 Å². The van der Waals surface area contributed by atoms with E-state index in [-0.39, 0.29) is 0 Å². The van der Waals surface area contributed by atoms with Gasteiger partial charge in [0.2, 0.25) is 0 Å². The number of rotatable bonds is 0. The fourth-order valence-corrected chi connectivity index (χ4v) is 2.60. The Morgan fingerprint density at radius 2 is 1.63 bits per heavy atom. The van der Waals surface area contributed by atoms with Gasteiger partial charge in [-0.15, -0.1) is 10.2 Å². The third-order valence-electron chi connectivity index (χ3n) is 3.53. The SMILES string of the molecule is C1=C2N=NN=C2Cc2ccccc2-c2ccccc21. The molecule has 3 heteroatoms. The summed E-state index contributed by atoms with van der Waals surface area (Å²) in [5, 5.41) is 12.1. The zero-order valence-electron chi connectivity index (χ0n) is 10.2. The lowest BCUT2D eigenvalue weighted by atomic mass is 9.89. The van der Waals surface area contributed by atoms with Gasteiger partial charge in [-0.05, 0) is 33.6 Å². The maximum Gasteiger partial charge on any atom is 0.112 e. The van der Waals surface area contributed by atoms with Crippen LogP contribution in [-0.4, -0.2) is 5.71 Å². The van der Waals surface area contributed by atoms with Gasteiger partial charge in [0.05, 0.1) is 5.71 Å². The highest BCUT2D eigenvalue weighted by atomic mass is 15.4. The fourth-order valence-electron chi connectivity index (χ4n) is 2.60. The molecule has 3 nitrogen and oxygen atoms in total. The molecule has 0 saturated carbocycles. The Morgan fingerprint density at radius 1 is 0.842 bits per heavy atom. The first-order valence-corrected chi connectivity index (χ1v) is 6.29. The second-order valence-corrected chi connectivity index (χ2v) is 4.69. The monoisotopic (exact) mass is 245 g/mol. The van der Waals surface area contributed by atoms with E-state index in [9.17, 15) is 0 Å². The van der Waals surface area contributed by atoms with Gasteiger partial charge < -0.3 is 0 Å². The predicted molar refractivity (Wildman–Crippen MR) is 75.9 cm³/mol. The van der Waals surface area contributed by atoms with E-state index in [1.54, 1.807) is 0 Å². The first-order valence-electron chi connectivity index (χ1n) is 6.29. The molecule has 4 rings (SSSR count). The van der Waals surface area contributed by atoms with E-state index in [2.05, 4.69) is 64.0 Å². The quantitative estimate of drug-likeness (QED) is 0.671. The molecule has 0 unspecified atom stereocenters. The van der Waals surface area contributed by atoms with Crippen molar-refractivity contribution >= 4 is 11.8 Å². The van der Waals surface area contributed by atoms with Gasteiger partial charge in [0, 0.05) is 6.42 Å². The van der Waals surface area contributed by atoms with Gasteiger partial charge in [-0.1, -0.05) is 48.5 Å². The number of hydrogen-bond donors (Lipinski definition) is 0.